The molecule has 0 unspecified atom stereocenters. The first kappa shape index (κ1) is 16.2. The van der Waals surface area contributed by atoms with Gasteiger partial charge in [0.15, 0.2) is 0 Å². The van der Waals surface area contributed by atoms with Gasteiger partial charge in [0.1, 0.15) is 16.3 Å². The number of aryl methyl sites for hydroxylation is 2. The van der Waals surface area contributed by atoms with Crippen molar-refractivity contribution in [3.63, 3.8) is 0 Å². The molecule has 23 heavy (non-hydrogen) atoms. The second kappa shape index (κ2) is 6.45. The molecule has 0 spiro atoms. The molecule has 1 atom stereocenters. The van der Waals surface area contributed by atoms with E-state index in [2.05, 4.69) is 10.3 Å². The monoisotopic (exact) mass is 338 g/mol. The first-order valence-electron chi connectivity index (χ1n) is 8.00. The molecule has 0 aliphatic carbocycles. The van der Waals surface area contributed by atoms with Crippen LogP contribution in [-0.4, -0.2) is 34.2 Å². The second-order valence-corrected chi connectivity index (χ2v) is 7.77. The number of hydrogen-bond donors (Lipinski definition) is 0. The van der Waals surface area contributed by atoms with E-state index >= 15 is 0 Å². The smallest absolute Gasteiger partial charge is 0.246 e. The van der Waals surface area contributed by atoms with Crippen LogP contribution < -0.4 is 0 Å². The first-order valence-corrected chi connectivity index (χ1v) is 9.44. The summed E-state index contributed by atoms with van der Waals surface area (Å²) in [7, 11) is -3.59. The topological polar surface area (TPSA) is 81.2 Å². The maximum absolute atomic E-state index is 13.1. The molecule has 7 nitrogen and oxygen atoms in total. The lowest BCUT2D eigenvalue weighted by molar-refractivity contribution is 0.304. The molecule has 0 aromatic carbocycles. The lowest BCUT2D eigenvalue weighted by Gasteiger charge is -2.27. The van der Waals surface area contributed by atoms with Gasteiger partial charge in [-0.25, -0.2) is 8.42 Å². The summed E-state index contributed by atoms with van der Waals surface area (Å²) in [5.74, 6) is 0.695. The quantitative estimate of drug-likeness (QED) is 0.855. The van der Waals surface area contributed by atoms with E-state index in [1.54, 1.807) is 15.2 Å². The van der Waals surface area contributed by atoms with Crippen molar-refractivity contribution in [2.45, 2.75) is 57.0 Å². The van der Waals surface area contributed by atoms with Crippen LogP contribution in [0, 0.1) is 6.92 Å². The number of sulfonamides is 1. The van der Waals surface area contributed by atoms with E-state index in [1.165, 1.54) is 6.20 Å². The lowest BCUT2D eigenvalue weighted by atomic mass is 10.1. The maximum atomic E-state index is 13.1. The highest BCUT2D eigenvalue weighted by Gasteiger charge is 2.35. The molecular weight excluding hydrogens is 316 g/mol. The molecule has 126 valence electrons. The Morgan fingerprint density at radius 3 is 2.83 bits per heavy atom. The highest BCUT2D eigenvalue weighted by Crippen LogP contribution is 2.34. The lowest BCUT2D eigenvalue weighted by Crippen LogP contribution is -2.34. The van der Waals surface area contributed by atoms with Gasteiger partial charge in [-0.15, -0.1) is 0 Å². The van der Waals surface area contributed by atoms with Crippen LogP contribution in [0.1, 0.15) is 50.1 Å². The molecule has 1 aliphatic rings. The molecule has 0 bridgehead atoms. The van der Waals surface area contributed by atoms with E-state index in [4.69, 9.17) is 4.52 Å². The minimum Gasteiger partial charge on any atom is -0.361 e. The van der Waals surface area contributed by atoms with Crippen molar-refractivity contribution in [1.82, 2.24) is 19.2 Å². The fourth-order valence-corrected chi connectivity index (χ4v) is 4.62. The Morgan fingerprint density at radius 2 is 2.17 bits per heavy atom. The average molecular weight is 338 g/mol. The van der Waals surface area contributed by atoms with Crippen LogP contribution in [-0.2, 0) is 16.6 Å². The zero-order valence-corrected chi connectivity index (χ0v) is 14.3. The van der Waals surface area contributed by atoms with Gasteiger partial charge in [0.25, 0.3) is 0 Å². The van der Waals surface area contributed by atoms with Gasteiger partial charge in [0.05, 0.1) is 12.2 Å². The van der Waals surface area contributed by atoms with Gasteiger partial charge in [0.2, 0.25) is 10.0 Å². The highest BCUT2D eigenvalue weighted by atomic mass is 32.2. The summed E-state index contributed by atoms with van der Waals surface area (Å²) < 4.78 is 34.5. The van der Waals surface area contributed by atoms with Crippen molar-refractivity contribution >= 4 is 10.0 Å². The van der Waals surface area contributed by atoms with Crippen molar-refractivity contribution in [2.75, 3.05) is 6.54 Å². The van der Waals surface area contributed by atoms with Crippen molar-refractivity contribution in [2.24, 2.45) is 0 Å². The Morgan fingerprint density at radius 1 is 1.35 bits per heavy atom. The third-order valence-corrected chi connectivity index (χ3v) is 6.09. The van der Waals surface area contributed by atoms with E-state index in [0.717, 1.165) is 25.7 Å². The molecule has 1 saturated heterocycles. The SMILES string of the molecule is CCn1cc(S(=O)(=O)N2CCCCC[C@@H]2c2cc(C)on2)cn1. The summed E-state index contributed by atoms with van der Waals surface area (Å²) in [6, 6.07) is 1.55. The minimum absolute atomic E-state index is 0.242. The Labute approximate surface area is 136 Å². The number of aromatic nitrogens is 3. The van der Waals surface area contributed by atoms with Crippen molar-refractivity contribution in [1.29, 1.82) is 0 Å². The van der Waals surface area contributed by atoms with Gasteiger partial charge in [-0.05, 0) is 26.7 Å². The molecule has 2 aromatic heterocycles. The summed E-state index contributed by atoms with van der Waals surface area (Å²) in [5, 5.41) is 8.16. The van der Waals surface area contributed by atoms with Crippen molar-refractivity contribution in [3.8, 4) is 0 Å². The first-order chi connectivity index (χ1) is 11.0. The summed E-state index contributed by atoms with van der Waals surface area (Å²) in [5.41, 5.74) is 0.691. The summed E-state index contributed by atoms with van der Waals surface area (Å²) >= 11 is 0. The molecule has 0 saturated carbocycles. The molecular formula is C15H22N4O3S. The highest BCUT2D eigenvalue weighted by molar-refractivity contribution is 7.89. The van der Waals surface area contributed by atoms with Gasteiger partial charge in [-0.2, -0.15) is 9.40 Å². The number of hydrogen-bond acceptors (Lipinski definition) is 5. The zero-order chi connectivity index (χ0) is 16.4. The summed E-state index contributed by atoms with van der Waals surface area (Å²) in [6.07, 6.45) is 6.63. The summed E-state index contributed by atoms with van der Waals surface area (Å²) in [4.78, 5) is 0.242. The number of rotatable bonds is 4. The van der Waals surface area contributed by atoms with Crippen LogP contribution >= 0.6 is 0 Å². The Kier molecular flexibility index (Phi) is 4.54. The van der Waals surface area contributed by atoms with Gasteiger partial charge in [0, 0.05) is 25.4 Å². The number of nitrogens with zero attached hydrogens (tertiary/aromatic N) is 4. The van der Waals surface area contributed by atoms with E-state index in [0.29, 0.717) is 24.5 Å². The van der Waals surface area contributed by atoms with Gasteiger partial charge in [-0.3, -0.25) is 4.68 Å². The van der Waals surface area contributed by atoms with Gasteiger partial charge >= 0.3 is 0 Å². The van der Waals surface area contributed by atoms with E-state index < -0.39 is 10.0 Å². The maximum Gasteiger partial charge on any atom is 0.246 e. The average Bonchev–Trinajstić information content (AvgIpc) is 3.10. The molecule has 3 heterocycles. The molecule has 2 aromatic rings. The van der Waals surface area contributed by atoms with Crippen LogP contribution in [0.5, 0.6) is 0 Å². The van der Waals surface area contributed by atoms with Crippen LogP contribution in [0.3, 0.4) is 0 Å². The van der Waals surface area contributed by atoms with Gasteiger partial charge in [-0.1, -0.05) is 18.0 Å². The minimum atomic E-state index is -3.59. The van der Waals surface area contributed by atoms with Crippen molar-refractivity contribution < 1.29 is 12.9 Å². The largest absolute Gasteiger partial charge is 0.361 e. The summed E-state index contributed by atoms with van der Waals surface area (Å²) in [6.45, 7) is 4.88. The second-order valence-electron chi connectivity index (χ2n) is 5.88. The Bertz CT molecular complexity index is 765. The molecule has 1 fully saturated rings. The van der Waals surface area contributed by atoms with Crippen LogP contribution in [0.2, 0.25) is 0 Å². The normalized spacial score (nSPS) is 20.5. The molecule has 8 heteroatoms. The van der Waals surface area contributed by atoms with Crippen LogP contribution in [0.4, 0.5) is 0 Å². The fourth-order valence-electron chi connectivity index (χ4n) is 2.99. The van der Waals surface area contributed by atoms with Gasteiger partial charge < -0.3 is 4.52 Å². The Balaban J connectivity index is 1.98. The van der Waals surface area contributed by atoms with Crippen molar-refractivity contribution in [3.05, 3.63) is 29.9 Å². The third kappa shape index (κ3) is 3.18. The molecule has 3 rings (SSSR count). The van der Waals surface area contributed by atoms with E-state index in [-0.39, 0.29) is 10.9 Å². The zero-order valence-electron chi connectivity index (χ0n) is 13.5. The predicted molar refractivity (Wildman–Crippen MR) is 84.2 cm³/mol. The Hall–Kier alpha value is -1.67. The van der Waals surface area contributed by atoms with Crippen LogP contribution in [0.15, 0.2) is 27.9 Å². The van der Waals surface area contributed by atoms with E-state index in [1.807, 2.05) is 19.9 Å². The third-order valence-electron chi connectivity index (χ3n) is 4.23. The molecule has 0 radical (unpaired) electrons. The molecule has 0 amide bonds. The fraction of sp³-hybridized carbons (Fsp3) is 0.600. The molecule has 0 N–H and O–H groups in total. The predicted octanol–water partition coefficient (Wildman–Crippen LogP) is 2.51. The van der Waals surface area contributed by atoms with E-state index in [9.17, 15) is 8.42 Å². The standard InChI is InChI=1S/C15H22N4O3S/c1-3-18-11-13(10-16-18)23(20,21)19-8-6-4-5-7-15(19)14-9-12(2)22-17-14/h9-11,15H,3-8H2,1-2H3/t15-/m1/s1. The van der Waals surface area contributed by atoms with Crippen LogP contribution in [0.25, 0.3) is 0 Å². The molecule has 1 aliphatic heterocycles.